The van der Waals surface area contributed by atoms with E-state index in [1.54, 1.807) is 0 Å². The topological polar surface area (TPSA) is 48.5 Å². The summed E-state index contributed by atoms with van der Waals surface area (Å²) in [5.41, 5.74) is 7.38. The van der Waals surface area contributed by atoms with E-state index in [0.717, 1.165) is 49.7 Å². The minimum atomic E-state index is 0.588. The molecular weight excluding hydrogens is 587 g/mol. The van der Waals surface area contributed by atoms with Crippen LogP contribution in [0.25, 0.3) is 88.8 Å². The maximum Gasteiger partial charge on any atom is 0.238 e. The summed E-state index contributed by atoms with van der Waals surface area (Å²) in [6, 6.07) is 57.3. The molecule has 5 heteroatoms. The average molecular weight is 614 g/mol. The second-order valence-corrected chi connectivity index (χ2v) is 12.1. The largest absolute Gasteiger partial charge is 0.309 e. The van der Waals surface area contributed by atoms with Crippen LogP contribution in [0.2, 0.25) is 0 Å². The minimum Gasteiger partial charge on any atom is -0.309 e. The summed E-state index contributed by atoms with van der Waals surface area (Å²) in [5, 5.41) is 7.05. The van der Waals surface area contributed by atoms with E-state index in [9.17, 15) is 0 Å². The second kappa shape index (κ2) is 10.5. The zero-order valence-electron chi connectivity index (χ0n) is 25.8. The summed E-state index contributed by atoms with van der Waals surface area (Å²) in [6.45, 7) is 0. The zero-order valence-corrected chi connectivity index (χ0v) is 25.8. The van der Waals surface area contributed by atoms with E-state index >= 15 is 0 Å². The molecule has 5 nitrogen and oxygen atoms in total. The predicted molar refractivity (Wildman–Crippen MR) is 197 cm³/mol. The Morgan fingerprint density at radius 3 is 1.69 bits per heavy atom. The van der Waals surface area contributed by atoms with Gasteiger partial charge in [-0.25, -0.2) is 4.98 Å². The highest BCUT2D eigenvalue weighted by molar-refractivity contribution is 6.18. The summed E-state index contributed by atoms with van der Waals surface area (Å²) in [7, 11) is 0. The molecule has 0 aliphatic heterocycles. The molecule has 0 aliphatic carbocycles. The van der Waals surface area contributed by atoms with Crippen molar-refractivity contribution in [3.05, 3.63) is 164 Å². The Bertz CT molecular complexity index is 2830. The van der Waals surface area contributed by atoms with E-state index in [-0.39, 0.29) is 0 Å². The fourth-order valence-electron chi connectivity index (χ4n) is 7.21. The van der Waals surface area contributed by atoms with Gasteiger partial charge in [-0.1, -0.05) is 133 Å². The highest BCUT2D eigenvalue weighted by Crippen LogP contribution is 2.38. The smallest absolute Gasteiger partial charge is 0.238 e. The van der Waals surface area contributed by atoms with Crippen molar-refractivity contribution < 1.29 is 0 Å². The summed E-state index contributed by atoms with van der Waals surface area (Å²) in [6.07, 6.45) is 0. The zero-order chi connectivity index (χ0) is 31.6. The van der Waals surface area contributed by atoms with Crippen LogP contribution in [0.15, 0.2) is 164 Å². The van der Waals surface area contributed by atoms with Crippen LogP contribution in [0, 0.1) is 0 Å². The Balaban J connectivity index is 1.29. The van der Waals surface area contributed by atoms with Crippen LogP contribution in [-0.2, 0) is 0 Å². The molecule has 0 amide bonds. The fraction of sp³-hybridized carbons (Fsp3) is 0. The lowest BCUT2D eigenvalue weighted by molar-refractivity contribution is 0.955. The molecule has 48 heavy (non-hydrogen) atoms. The molecule has 224 valence electrons. The number of aromatic nitrogens is 5. The number of fused-ring (bicyclic) bond motifs is 8. The number of benzene rings is 7. The van der Waals surface area contributed by atoms with Gasteiger partial charge in [0.2, 0.25) is 5.95 Å². The molecule has 10 aromatic rings. The van der Waals surface area contributed by atoms with E-state index in [1.807, 2.05) is 18.2 Å². The molecule has 0 saturated heterocycles. The maximum atomic E-state index is 5.27. The van der Waals surface area contributed by atoms with Gasteiger partial charge in [0.15, 0.2) is 11.6 Å². The molecular formula is C43H27N5. The Morgan fingerprint density at radius 2 is 0.917 bits per heavy atom. The standard InChI is InChI=1S/C43H27N5/c1-3-14-29(15-4-1)41-44-42(30-24-25-35-33-19-9-11-21-37(33)47(39(35)27-30)31-16-5-2-6-17-31)46-43(45-41)48-38-22-12-10-20-34(38)36-26-23-28-13-7-8-18-32(28)40(36)48/h1-27H. The first-order valence-corrected chi connectivity index (χ1v) is 16.1. The number of rotatable bonds is 4. The van der Waals surface area contributed by atoms with Crippen molar-refractivity contribution in [2.75, 3.05) is 0 Å². The summed E-state index contributed by atoms with van der Waals surface area (Å²) < 4.78 is 4.54. The minimum absolute atomic E-state index is 0.588. The van der Waals surface area contributed by atoms with Crippen molar-refractivity contribution in [2.24, 2.45) is 0 Å². The van der Waals surface area contributed by atoms with Crippen LogP contribution >= 0.6 is 0 Å². The lowest BCUT2D eigenvalue weighted by atomic mass is 10.1. The molecule has 0 atom stereocenters. The third-order valence-electron chi connectivity index (χ3n) is 9.36. The molecule has 0 spiro atoms. The van der Waals surface area contributed by atoms with Crippen LogP contribution < -0.4 is 0 Å². The number of para-hydroxylation sites is 3. The normalized spacial score (nSPS) is 11.8. The van der Waals surface area contributed by atoms with Gasteiger partial charge in [0, 0.05) is 43.7 Å². The van der Waals surface area contributed by atoms with E-state index in [4.69, 9.17) is 15.0 Å². The highest BCUT2D eigenvalue weighted by Gasteiger charge is 2.20. The van der Waals surface area contributed by atoms with Gasteiger partial charge in [-0.15, -0.1) is 0 Å². The first-order chi connectivity index (χ1) is 23.8. The van der Waals surface area contributed by atoms with E-state index in [2.05, 4.69) is 155 Å². The third kappa shape index (κ3) is 4.01. The lowest BCUT2D eigenvalue weighted by Gasteiger charge is -2.12. The van der Waals surface area contributed by atoms with Gasteiger partial charge in [-0.05, 0) is 35.7 Å². The Kier molecular flexibility index (Phi) is 5.81. The highest BCUT2D eigenvalue weighted by atomic mass is 15.2. The van der Waals surface area contributed by atoms with Crippen LogP contribution in [0.1, 0.15) is 0 Å². The first kappa shape index (κ1) is 26.6. The number of nitrogens with zero attached hydrogens (tertiary/aromatic N) is 5. The van der Waals surface area contributed by atoms with Crippen molar-refractivity contribution in [3.63, 3.8) is 0 Å². The quantitative estimate of drug-likeness (QED) is 0.198. The van der Waals surface area contributed by atoms with Crippen LogP contribution in [-0.4, -0.2) is 24.1 Å². The van der Waals surface area contributed by atoms with E-state index < -0.39 is 0 Å². The monoisotopic (exact) mass is 613 g/mol. The molecule has 0 N–H and O–H groups in total. The summed E-state index contributed by atoms with van der Waals surface area (Å²) >= 11 is 0. The van der Waals surface area contributed by atoms with Gasteiger partial charge in [0.1, 0.15) is 0 Å². The van der Waals surface area contributed by atoms with Crippen molar-refractivity contribution in [1.82, 2.24) is 24.1 Å². The molecule has 3 aromatic heterocycles. The van der Waals surface area contributed by atoms with Crippen LogP contribution in [0.3, 0.4) is 0 Å². The Hall–Kier alpha value is -6.59. The predicted octanol–water partition coefficient (Wildman–Crippen LogP) is 10.6. The summed E-state index contributed by atoms with van der Waals surface area (Å²) in [4.78, 5) is 15.6. The van der Waals surface area contributed by atoms with Crippen LogP contribution in [0.4, 0.5) is 0 Å². The average Bonchev–Trinajstić information content (AvgIpc) is 3.68. The van der Waals surface area contributed by atoms with Crippen molar-refractivity contribution >= 4 is 54.4 Å². The molecule has 0 bridgehead atoms. The molecule has 0 saturated carbocycles. The maximum absolute atomic E-state index is 5.27. The third-order valence-corrected chi connectivity index (χ3v) is 9.36. The number of hydrogen-bond donors (Lipinski definition) is 0. The SMILES string of the molecule is c1ccc(-c2nc(-c3ccc4c5ccccc5n(-c5ccccc5)c4c3)nc(-n3c4ccccc4c4ccc5ccccc5c43)n2)cc1. The van der Waals surface area contributed by atoms with Gasteiger partial charge in [0.05, 0.1) is 22.1 Å². The molecule has 3 heterocycles. The van der Waals surface area contributed by atoms with Crippen LogP contribution in [0.5, 0.6) is 0 Å². The van der Waals surface area contributed by atoms with Crippen molar-refractivity contribution in [2.45, 2.75) is 0 Å². The first-order valence-electron chi connectivity index (χ1n) is 16.1. The Morgan fingerprint density at radius 1 is 0.354 bits per heavy atom. The van der Waals surface area contributed by atoms with Gasteiger partial charge in [-0.2, -0.15) is 9.97 Å². The molecule has 7 aromatic carbocycles. The van der Waals surface area contributed by atoms with E-state index in [0.29, 0.717) is 17.6 Å². The molecule has 0 fully saturated rings. The van der Waals surface area contributed by atoms with Gasteiger partial charge in [0.25, 0.3) is 0 Å². The second-order valence-electron chi connectivity index (χ2n) is 12.1. The fourth-order valence-corrected chi connectivity index (χ4v) is 7.21. The lowest BCUT2D eigenvalue weighted by Crippen LogP contribution is -2.06. The molecule has 0 aliphatic rings. The summed E-state index contributed by atoms with van der Waals surface area (Å²) in [5.74, 6) is 1.84. The van der Waals surface area contributed by atoms with Crippen molar-refractivity contribution in [1.29, 1.82) is 0 Å². The molecule has 0 unspecified atom stereocenters. The molecule has 10 rings (SSSR count). The number of hydrogen-bond acceptors (Lipinski definition) is 3. The van der Waals surface area contributed by atoms with Crippen molar-refractivity contribution in [3.8, 4) is 34.4 Å². The Labute approximate surface area is 276 Å². The van der Waals surface area contributed by atoms with Gasteiger partial charge < -0.3 is 4.57 Å². The van der Waals surface area contributed by atoms with Gasteiger partial charge >= 0.3 is 0 Å². The van der Waals surface area contributed by atoms with E-state index in [1.165, 1.54) is 21.5 Å². The van der Waals surface area contributed by atoms with Gasteiger partial charge in [-0.3, -0.25) is 4.57 Å². The molecule has 0 radical (unpaired) electrons.